The van der Waals surface area contributed by atoms with Gasteiger partial charge in [0.15, 0.2) is 0 Å². The predicted molar refractivity (Wildman–Crippen MR) is 99.1 cm³/mol. The number of carboxylic acids is 1. The highest BCUT2D eigenvalue weighted by atomic mass is 19.1. The van der Waals surface area contributed by atoms with E-state index in [9.17, 15) is 14.0 Å². The van der Waals surface area contributed by atoms with Gasteiger partial charge < -0.3 is 15.2 Å². The van der Waals surface area contributed by atoms with E-state index in [1.807, 2.05) is 48.5 Å². The van der Waals surface area contributed by atoms with Crippen LogP contribution in [0.4, 0.5) is 9.18 Å². The summed E-state index contributed by atoms with van der Waals surface area (Å²) in [4.78, 5) is 23.3. The standard InChI is InChI=1S/C21H20FNO4/c1-13(22)10-11-19(20(24)25)23-21(26)27-12-18-16-8-4-2-6-14(16)15-7-3-5-9-17(15)18/h2-10,18-19H,11-12H2,1H3,(H,23,26)(H,24,25)/b13-10+/t19-/m0/s1. The van der Waals surface area contributed by atoms with E-state index in [4.69, 9.17) is 9.84 Å². The van der Waals surface area contributed by atoms with Gasteiger partial charge >= 0.3 is 12.1 Å². The number of nitrogens with one attached hydrogen (secondary N) is 1. The average molecular weight is 369 g/mol. The largest absolute Gasteiger partial charge is 0.480 e. The third kappa shape index (κ3) is 4.16. The molecule has 140 valence electrons. The van der Waals surface area contributed by atoms with Gasteiger partial charge in [0.1, 0.15) is 12.6 Å². The molecule has 2 aromatic carbocycles. The number of aliphatic carboxylic acids is 1. The lowest BCUT2D eigenvalue weighted by atomic mass is 9.98. The number of amides is 1. The summed E-state index contributed by atoms with van der Waals surface area (Å²) in [6.45, 7) is 1.30. The van der Waals surface area contributed by atoms with Crippen molar-refractivity contribution in [3.8, 4) is 11.1 Å². The number of hydrogen-bond acceptors (Lipinski definition) is 3. The summed E-state index contributed by atoms with van der Waals surface area (Å²) in [5.74, 6) is -1.86. The Balaban J connectivity index is 1.68. The zero-order chi connectivity index (χ0) is 19.4. The first-order chi connectivity index (χ1) is 13.0. The Morgan fingerprint density at radius 3 is 2.22 bits per heavy atom. The number of benzene rings is 2. The van der Waals surface area contributed by atoms with E-state index < -0.39 is 23.9 Å². The fourth-order valence-electron chi connectivity index (χ4n) is 3.28. The molecular formula is C21H20FNO4. The van der Waals surface area contributed by atoms with Gasteiger partial charge in [-0.25, -0.2) is 14.0 Å². The molecule has 27 heavy (non-hydrogen) atoms. The molecule has 5 nitrogen and oxygen atoms in total. The van der Waals surface area contributed by atoms with E-state index in [0.717, 1.165) is 28.3 Å². The Kier molecular flexibility index (Phi) is 5.54. The van der Waals surface area contributed by atoms with E-state index in [-0.39, 0.29) is 18.9 Å². The molecule has 6 heteroatoms. The van der Waals surface area contributed by atoms with Gasteiger partial charge in [0, 0.05) is 5.92 Å². The van der Waals surface area contributed by atoms with Crippen molar-refractivity contribution in [3.05, 3.63) is 71.6 Å². The molecule has 0 radical (unpaired) electrons. The molecule has 0 bridgehead atoms. The van der Waals surface area contributed by atoms with Gasteiger partial charge in [-0.1, -0.05) is 54.6 Å². The lowest BCUT2D eigenvalue weighted by Crippen LogP contribution is -2.41. The van der Waals surface area contributed by atoms with Gasteiger partial charge in [-0.3, -0.25) is 0 Å². The van der Waals surface area contributed by atoms with Crippen molar-refractivity contribution in [1.29, 1.82) is 0 Å². The third-order valence-electron chi connectivity index (χ3n) is 4.57. The second kappa shape index (κ2) is 8.03. The van der Waals surface area contributed by atoms with Crippen molar-refractivity contribution < 1.29 is 23.8 Å². The Morgan fingerprint density at radius 2 is 1.70 bits per heavy atom. The molecule has 1 aliphatic carbocycles. The highest BCUT2D eigenvalue weighted by Crippen LogP contribution is 2.44. The molecule has 2 aromatic rings. The minimum atomic E-state index is -1.25. The number of fused-ring (bicyclic) bond motifs is 3. The van der Waals surface area contributed by atoms with Crippen LogP contribution in [-0.4, -0.2) is 29.8 Å². The Morgan fingerprint density at radius 1 is 1.15 bits per heavy atom. The summed E-state index contributed by atoms with van der Waals surface area (Å²) >= 11 is 0. The second-order valence-electron chi connectivity index (χ2n) is 6.39. The molecule has 1 aliphatic rings. The summed E-state index contributed by atoms with van der Waals surface area (Å²) in [6, 6.07) is 14.6. The summed E-state index contributed by atoms with van der Waals surface area (Å²) in [7, 11) is 0. The van der Waals surface area contributed by atoms with Crippen LogP contribution in [0.3, 0.4) is 0 Å². The minimum Gasteiger partial charge on any atom is -0.480 e. The number of carboxylic acid groups (broad SMARTS) is 1. The van der Waals surface area contributed by atoms with E-state index >= 15 is 0 Å². The fourth-order valence-corrected chi connectivity index (χ4v) is 3.28. The van der Waals surface area contributed by atoms with E-state index in [1.165, 1.54) is 6.92 Å². The Bertz CT molecular complexity index is 844. The molecule has 0 saturated carbocycles. The van der Waals surface area contributed by atoms with Crippen LogP contribution in [0.15, 0.2) is 60.4 Å². The first kappa shape index (κ1) is 18.6. The number of carbonyl (C=O) groups is 2. The maximum Gasteiger partial charge on any atom is 0.407 e. The van der Waals surface area contributed by atoms with Crippen LogP contribution in [0.2, 0.25) is 0 Å². The van der Waals surface area contributed by atoms with Gasteiger partial charge in [0.05, 0.1) is 5.83 Å². The van der Waals surface area contributed by atoms with Crippen LogP contribution in [0, 0.1) is 0 Å². The maximum atomic E-state index is 12.8. The molecule has 1 atom stereocenters. The topological polar surface area (TPSA) is 75.6 Å². The molecule has 0 aromatic heterocycles. The minimum absolute atomic E-state index is 0.0875. The quantitative estimate of drug-likeness (QED) is 0.798. The second-order valence-corrected chi connectivity index (χ2v) is 6.39. The smallest absolute Gasteiger partial charge is 0.407 e. The fraction of sp³-hybridized carbons (Fsp3) is 0.238. The van der Waals surface area contributed by atoms with Crippen molar-refractivity contribution in [2.75, 3.05) is 6.61 Å². The number of halogens is 1. The van der Waals surface area contributed by atoms with Crippen molar-refractivity contribution in [1.82, 2.24) is 5.32 Å². The van der Waals surface area contributed by atoms with Gasteiger partial charge in [0.2, 0.25) is 0 Å². The number of ether oxygens (including phenoxy) is 1. The van der Waals surface area contributed by atoms with Gasteiger partial charge in [-0.15, -0.1) is 0 Å². The van der Waals surface area contributed by atoms with Crippen LogP contribution in [-0.2, 0) is 9.53 Å². The molecule has 1 amide bonds. The third-order valence-corrected chi connectivity index (χ3v) is 4.57. The predicted octanol–water partition coefficient (Wildman–Crippen LogP) is 4.24. The summed E-state index contributed by atoms with van der Waals surface area (Å²) in [5.41, 5.74) is 4.35. The zero-order valence-electron chi connectivity index (χ0n) is 14.8. The number of rotatable bonds is 6. The molecular weight excluding hydrogens is 349 g/mol. The molecule has 0 heterocycles. The summed E-state index contributed by atoms with van der Waals surface area (Å²) in [5, 5.41) is 11.4. The zero-order valence-corrected chi connectivity index (χ0v) is 14.8. The van der Waals surface area contributed by atoms with E-state index in [1.54, 1.807) is 0 Å². The first-order valence-electron chi connectivity index (χ1n) is 8.64. The lowest BCUT2D eigenvalue weighted by Gasteiger charge is -2.16. The van der Waals surface area contributed by atoms with Crippen molar-refractivity contribution in [2.24, 2.45) is 0 Å². The van der Waals surface area contributed by atoms with Crippen LogP contribution in [0.5, 0.6) is 0 Å². The molecule has 2 N–H and O–H groups in total. The molecule has 3 rings (SSSR count). The molecule has 0 saturated heterocycles. The van der Waals surface area contributed by atoms with Gasteiger partial charge in [-0.05, 0) is 35.6 Å². The van der Waals surface area contributed by atoms with E-state index in [0.29, 0.717) is 0 Å². The SMILES string of the molecule is C/C(F)=C\C[C@H](NC(=O)OCC1c2ccccc2-c2ccccc21)C(=O)O. The molecule has 0 aliphatic heterocycles. The highest BCUT2D eigenvalue weighted by molar-refractivity contribution is 5.81. The van der Waals surface area contributed by atoms with Gasteiger partial charge in [0.25, 0.3) is 0 Å². The molecule has 0 fully saturated rings. The maximum absolute atomic E-state index is 12.8. The number of carbonyl (C=O) groups excluding carboxylic acids is 1. The summed E-state index contributed by atoms with van der Waals surface area (Å²) < 4.78 is 18.1. The van der Waals surface area contributed by atoms with Crippen LogP contribution < -0.4 is 5.32 Å². The first-order valence-corrected chi connectivity index (χ1v) is 8.64. The molecule has 0 unspecified atom stereocenters. The Hall–Kier alpha value is -3.15. The van der Waals surface area contributed by atoms with Crippen molar-refractivity contribution in [3.63, 3.8) is 0 Å². The number of allylic oxidation sites excluding steroid dienone is 1. The lowest BCUT2D eigenvalue weighted by molar-refractivity contribution is -0.139. The monoisotopic (exact) mass is 369 g/mol. The highest BCUT2D eigenvalue weighted by Gasteiger charge is 2.29. The van der Waals surface area contributed by atoms with Gasteiger partial charge in [-0.2, -0.15) is 0 Å². The van der Waals surface area contributed by atoms with Crippen LogP contribution >= 0.6 is 0 Å². The van der Waals surface area contributed by atoms with Crippen LogP contribution in [0.1, 0.15) is 30.4 Å². The number of alkyl carbamates (subject to hydrolysis) is 1. The normalized spacial score (nSPS) is 14.2. The van der Waals surface area contributed by atoms with Crippen molar-refractivity contribution >= 4 is 12.1 Å². The van der Waals surface area contributed by atoms with Crippen LogP contribution in [0.25, 0.3) is 11.1 Å². The van der Waals surface area contributed by atoms with E-state index in [2.05, 4.69) is 5.32 Å². The molecule has 0 spiro atoms. The number of hydrogen-bond donors (Lipinski definition) is 2. The average Bonchev–Trinajstić information content (AvgIpc) is 2.97. The Labute approximate surface area is 156 Å². The summed E-state index contributed by atoms with van der Waals surface area (Å²) in [6.07, 6.45) is 0.124. The van der Waals surface area contributed by atoms with Crippen molar-refractivity contribution in [2.45, 2.75) is 25.3 Å².